The van der Waals surface area contributed by atoms with Crippen molar-refractivity contribution in [2.45, 2.75) is 13.3 Å². The van der Waals surface area contributed by atoms with Gasteiger partial charge in [0, 0.05) is 20.6 Å². The predicted molar refractivity (Wildman–Crippen MR) is 89.2 cm³/mol. The second-order valence-corrected chi connectivity index (χ2v) is 4.97. The Kier molecular flexibility index (Phi) is 8.49. The molecule has 6 nitrogen and oxygen atoms in total. The summed E-state index contributed by atoms with van der Waals surface area (Å²) < 4.78 is 5.60. The minimum atomic E-state index is -0.0295. The molecular weight excluding hydrogens is 280 g/mol. The zero-order chi connectivity index (χ0) is 16.2. The van der Waals surface area contributed by atoms with Crippen LogP contribution in [0.15, 0.2) is 35.3 Å². The molecule has 2 N–H and O–H groups in total. The number of likely N-dealkylation sites (N-methyl/N-ethyl adjacent to an activating group) is 1. The molecule has 22 heavy (non-hydrogen) atoms. The molecule has 0 aliphatic carbocycles. The molecule has 0 saturated carbocycles. The second-order valence-electron chi connectivity index (χ2n) is 4.97. The van der Waals surface area contributed by atoms with Gasteiger partial charge in [0.1, 0.15) is 18.9 Å². The van der Waals surface area contributed by atoms with Crippen molar-refractivity contribution in [1.29, 1.82) is 0 Å². The van der Waals surface area contributed by atoms with Gasteiger partial charge in [-0.2, -0.15) is 0 Å². The number of rotatable bonds is 8. The van der Waals surface area contributed by atoms with E-state index in [0.29, 0.717) is 19.1 Å². The molecule has 0 aliphatic rings. The number of hydrogen-bond acceptors (Lipinski definition) is 3. The summed E-state index contributed by atoms with van der Waals surface area (Å²) in [5.74, 6) is 1.44. The lowest BCUT2D eigenvalue weighted by molar-refractivity contribution is -0.127. The normalized spacial score (nSPS) is 11.0. The number of hydrogen-bond donors (Lipinski definition) is 2. The van der Waals surface area contributed by atoms with Crippen molar-refractivity contribution in [3.05, 3.63) is 30.3 Å². The number of benzene rings is 1. The van der Waals surface area contributed by atoms with Gasteiger partial charge >= 0.3 is 0 Å². The van der Waals surface area contributed by atoms with Crippen molar-refractivity contribution in [1.82, 2.24) is 15.5 Å². The first-order chi connectivity index (χ1) is 10.6. The number of nitrogens with zero attached hydrogens (tertiary/aromatic N) is 2. The van der Waals surface area contributed by atoms with Crippen LogP contribution in [-0.4, -0.2) is 57.1 Å². The third-order valence-corrected chi connectivity index (χ3v) is 2.82. The van der Waals surface area contributed by atoms with E-state index in [1.165, 1.54) is 4.90 Å². The van der Waals surface area contributed by atoms with E-state index in [-0.39, 0.29) is 12.5 Å². The van der Waals surface area contributed by atoms with Gasteiger partial charge in [-0.05, 0) is 18.6 Å². The van der Waals surface area contributed by atoms with Crippen LogP contribution in [0.4, 0.5) is 0 Å². The number of nitrogens with one attached hydrogen (secondary N) is 2. The van der Waals surface area contributed by atoms with Crippen molar-refractivity contribution in [2.24, 2.45) is 4.99 Å². The van der Waals surface area contributed by atoms with E-state index in [1.54, 1.807) is 14.1 Å². The van der Waals surface area contributed by atoms with Gasteiger partial charge in [0.25, 0.3) is 0 Å². The molecule has 1 aromatic rings. The Balaban J connectivity index is 2.37. The SMILES string of the molecule is CCCNC(=NCC(=O)N(C)C)NCCOc1ccccc1. The van der Waals surface area contributed by atoms with Crippen molar-refractivity contribution < 1.29 is 9.53 Å². The summed E-state index contributed by atoms with van der Waals surface area (Å²) in [6.45, 7) is 4.15. The number of guanidine groups is 1. The summed E-state index contributed by atoms with van der Waals surface area (Å²) in [6.07, 6.45) is 0.989. The first kappa shape index (κ1) is 17.8. The Morgan fingerprint density at radius 2 is 1.86 bits per heavy atom. The molecule has 0 aliphatic heterocycles. The Morgan fingerprint density at radius 3 is 2.50 bits per heavy atom. The molecule has 0 spiro atoms. The summed E-state index contributed by atoms with van der Waals surface area (Å²) in [6, 6.07) is 9.66. The van der Waals surface area contributed by atoms with Gasteiger partial charge in [-0.25, -0.2) is 4.99 Å². The maximum Gasteiger partial charge on any atom is 0.243 e. The fourth-order valence-corrected chi connectivity index (χ4v) is 1.56. The van der Waals surface area contributed by atoms with Gasteiger partial charge in [0.15, 0.2) is 5.96 Å². The Morgan fingerprint density at radius 1 is 1.18 bits per heavy atom. The summed E-state index contributed by atoms with van der Waals surface area (Å²) in [5.41, 5.74) is 0. The van der Waals surface area contributed by atoms with Crippen molar-refractivity contribution >= 4 is 11.9 Å². The van der Waals surface area contributed by atoms with Crippen LogP contribution >= 0.6 is 0 Å². The number of carbonyl (C=O) groups excluding carboxylic acids is 1. The topological polar surface area (TPSA) is 66.0 Å². The highest BCUT2D eigenvalue weighted by Crippen LogP contribution is 2.07. The summed E-state index contributed by atoms with van der Waals surface area (Å²) in [4.78, 5) is 17.4. The third-order valence-electron chi connectivity index (χ3n) is 2.82. The fraction of sp³-hybridized carbons (Fsp3) is 0.500. The molecule has 0 saturated heterocycles. The average molecular weight is 306 g/mol. The zero-order valence-electron chi connectivity index (χ0n) is 13.6. The van der Waals surface area contributed by atoms with Gasteiger partial charge in [0.2, 0.25) is 5.91 Å². The largest absolute Gasteiger partial charge is 0.492 e. The van der Waals surface area contributed by atoms with Crippen LogP contribution in [0.3, 0.4) is 0 Å². The van der Waals surface area contributed by atoms with Gasteiger partial charge < -0.3 is 20.3 Å². The lowest BCUT2D eigenvalue weighted by atomic mass is 10.3. The van der Waals surface area contributed by atoms with E-state index in [4.69, 9.17) is 4.74 Å². The number of para-hydroxylation sites is 1. The van der Waals surface area contributed by atoms with Gasteiger partial charge in [-0.1, -0.05) is 25.1 Å². The minimum Gasteiger partial charge on any atom is -0.492 e. The molecule has 0 heterocycles. The highest BCUT2D eigenvalue weighted by atomic mass is 16.5. The van der Waals surface area contributed by atoms with Crippen LogP contribution in [0.2, 0.25) is 0 Å². The Labute approximate surface area is 132 Å². The zero-order valence-corrected chi connectivity index (χ0v) is 13.6. The number of carbonyl (C=O) groups is 1. The molecule has 0 aromatic heterocycles. The molecular formula is C16H26N4O2. The highest BCUT2D eigenvalue weighted by Gasteiger charge is 2.04. The molecule has 1 rings (SSSR count). The summed E-state index contributed by atoms with van der Waals surface area (Å²) in [5, 5.41) is 6.34. The second kappa shape index (κ2) is 10.5. The standard InChI is InChI=1S/C16H26N4O2/c1-4-10-17-16(19-13-15(21)20(2)3)18-11-12-22-14-8-6-5-7-9-14/h5-9H,4,10-13H2,1-3H3,(H2,17,18,19). The molecule has 0 unspecified atom stereocenters. The van der Waals surface area contributed by atoms with Crippen LogP contribution < -0.4 is 15.4 Å². The van der Waals surface area contributed by atoms with Crippen molar-refractivity contribution in [3.8, 4) is 5.75 Å². The molecule has 122 valence electrons. The maximum atomic E-state index is 11.6. The maximum absolute atomic E-state index is 11.6. The first-order valence-corrected chi connectivity index (χ1v) is 7.53. The van der Waals surface area contributed by atoms with Crippen molar-refractivity contribution in [2.75, 3.05) is 40.3 Å². The summed E-state index contributed by atoms with van der Waals surface area (Å²) >= 11 is 0. The Bertz CT molecular complexity index is 460. The van der Waals surface area contributed by atoms with E-state index in [0.717, 1.165) is 18.7 Å². The smallest absolute Gasteiger partial charge is 0.243 e. The minimum absolute atomic E-state index is 0.0295. The highest BCUT2D eigenvalue weighted by molar-refractivity contribution is 5.84. The van der Waals surface area contributed by atoms with Crippen LogP contribution in [0.5, 0.6) is 5.75 Å². The summed E-state index contributed by atoms with van der Waals surface area (Å²) in [7, 11) is 3.44. The first-order valence-electron chi connectivity index (χ1n) is 7.53. The number of amides is 1. The molecule has 0 radical (unpaired) electrons. The lowest BCUT2D eigenvalue weighted by Gasteiger charge is -2.13. The average Bonchev–Trinajstić information content (AvgIpc) is 2.53. The number of ether oxygens (including phenoxy) is 1. The van der Waals surface area contributed by atoms with E-state index in [2.05, 4.69) is 22.5 Å². The van der Waals surface area contributed by atoms with E-state index < -0.39 is 0 Å². The van der Waals surface area contributed by atoms with Crippen LogP contribution in [0.25, 0.3) is 0 Å². The van der Waals surface area contributed by atoms with Crippen LogP contribution in [0.1, 0.15) is 13.3 Å². The van der Waals surface area contributed by atoms with E-state index in [1.807, 2.05) is 30.3 Å². The van der Waals surface area contributed by atoms with Gasteiger partial charge in [-0.15, -0.1) is 0 Å². The third kappa shape index (κ3) is 7.52. The van der Waals surface area contributed by atoms with E-state index in [9.17, 15) is 4.79 Å². The van der Waals surface area contributed by atoms with Gasteiger partial charge in [0.05, 0.1) is 6.54 Å². The monoisotopic (exact) mass is 306 g/mol. The van der Waals surface area contributed by atoms with E-state index >= 15 is 0 Å². The Hall–Kier alpha value is -2.24. The van der Waals surface area contributed by atoms with Crippen LogP contribution in [0, 0.1) is 0 Å². The predicted octanol–water partition coefficient (Wildman–Crippen LogP) is 1.10. The molecule has 0 atom stereocenters. The molecule has 6 heteroatoms. The molecule has 0 fully saturated rings. The quantitative estimate of drug-likeness (QED) is 0.429. The number of aliphatic imine (C=N–C) groups is 1. The molecule has 1 aromatic carbocycles. The van der Waals surface area contributed by atoms with Gasteiger partial charge in [-0.3, -0.25) is 4.79 Å². The molecule has 0 bridgehead atoms. The lowest BCUT2D eigenvalue weighted by Crippen LogP contribution is -2.40. The fourth-order valence-electron chi connectivity index (χ4n) is 1.56. The molecule has 1 amide bonds. The van der Waals surface area contributed by atoms with Crippen LogP contribution in [-0.2, 0) is 4.79 Å². The van der Waals surface area contributed by atoms with Crippen molar-refractivity contribution in [3.63, 3.8) is 0 Å².